The van der Waals surface area contributed by atoms with E-state index in [4.69, 9.17) is 22.1 Å². The van der Waals surface area contributed by atoms with Gasteiger partial charge in [0.2, 0.25) is 17.7 Å². The predicted octanol–water partition coefficient (Wildman–Crippen LogP) is 4.24. The first-order chi connectivity index (χ1) is 20.8. The Bertz CT molecular complexity index is 1510. The van der Waals surface area contributed by atoms with E-state index in [1.54, 1.807) is 16.7 Å². The maximum Gasteiger partial charge on any atom is 0.282 e. The number of aromatic nitrogens is 3. The van der Waals surface area contributed by atoms with Crippen molar-refractivity contribution in [2.45, 2.75) is 77.4 Å². The first-order valence-electron chi connectivity index (χ1n) is 15.0. The molecule has 3 heterocycles. The number of ether oxygens (including phenoxy) is 1. The Labute approximate surface area is 258 Å². The third-order valence-corrected chi connectivity index (χ3v) is 10.6. The Balaban J connectivity index is 1.41. The number of hydrogen-bond donors (Lipinski definition) is 1. The van der Waals surface area contributed by atoms with Gasteiger partial charge in [-0.2, -0.15) is 0 Å². The molecule has 2 aliphatic carbocycles. The Hall–Kier alpha value is -3.35. The highest BCUT2D eigenvalue weighted by atomic mass is 35.5. The first-order valence-corrected chi connectivity index (χ1v) is 15.4. The Morgan fingerprint density at radius 3 is 2.66 bits per heavy atom. The molecule has 0 unspecified atom stereocenters. The molecule has 1 saturated heterocycles. The van der Waals surface area contributed by atoms with Gasteiger partial charge in [-0.25, -0.2) is 17.9 Å². The fourth-order valence-electron chi connectivity index (χ4n) is 7.42. The van der Waals surface area contributed by atoms with Gasteiger partial charge >= 0.3 is 0 Å². The molecule has 2 aliphatic heterocycles. The topological polar surface area (TPSA) is 124 Å². The van der Waals surface area contributed by atoms with Crippen molar-refractivity contribution < 1.29 is 32.3 Å². The van der Waals surface area contributed by atoms with E-state index in [1.807, 2.05) is 0 Å². The highest BCUT2D eigenvalue weighted by molar-refractivity contribution is 6.31. The number of aryl methyl sites for hydroxylation is 1. The second kappa shape index (κ2) is 11.2. The van der Waals surface area contributed by atoms with Crippen LogP contribution >= 0.6 is 11.6 Å². The molecule has 1 aromatic heterocycles. The molecule has 3 atom stereocenters. The number of likely N-dealkylation sites (tertiary alicyclic amines) is 1. The SMILES string of the molecule is Cn1nnc(COc2c(F)cc(Cl)c3c2[C@@H](CN2CC4(CC4)CC2=O)N(C(=O)[C@@H]2CCCC[C@]2(C)C(N)=O)CC3)c1C(F)F. The molecular formula is C30H36ClF3N6O4. The van der Waals surface area contributed by atoms with Crippen LogP contribution < -0.4 is 10.5 Å². The molecule has 3 amide bonds. The van der Waals surface area contributed by atoms with Crippen LogP contribution in [0.5, 0.6) is 5.75 Å². The van der Waals surface area contributed by atoms with Crippen molar-refractivity contribution in [1.82, 2.24) is 24.8 Å². The third-order valence-electron chi connectivity index (χ3n) is 10.3. The van der Waals surface area contributed by atoms with Gasteiger partial charge in [0.05, 0.1) is 17.4 Å². The van der Waals surface area contributed by atoms with Crippen molar-refractivity contribution in [2.75, 3.05) is 19.6 Å². The number of amides is 3. The van der Waals surface area contributed by atoms with E-state index >= 15 is 4.39 Å². The van der Waals surface area contributed by atoms with Crippen molar-refractivity contribution in [3.05, 3.63) is 39.4 Å². The van der Waals surface area contributed by atoms with E-state index in [0.29, 0.717) is 36.9 Å². The number of alkyl halides is 2. The van der Waals surface area contributed by atoms with Crippen LogP contribution in [0.25, 0.3) is 0 Å². The summed E-state index contributed by atoms with van der Waals surface area (Å²) in [6, 6.07) is 0.253. The highest BCUT2D eigenvalue weighted by Crippen LogP contribution is 2.54. The molecule has 14 heteroatoms. The predicted molar refractivity (Wildman–Crippen MR) is 152 cm³/mol. The molecule has 1 aromatic carbocycles. The molecule has 238 valence electrons. The third kappa shape index (κ3) is 5.20. The lowest BCUT2D eigenvalue weighted by Gasteiger charge is -2.45. The van der Waals surface area contributed by atoms with Gasteiger partial charge in [-0.3, -0.25) is 14.4 Å². The summed E-state index contributed by atoms with van der Waals surface area (Å²) in [4.78, 5) is 43.5. The standard InChI is InChI=1S/C30H36ClF3N6O4/c1-29(28(35)43)7-4-3-5-17(29)27(42)40-10-6-16-18(31)11-19(32)25(44-14-20-24(26(33)34)38(2)37-36-20)23(16)21(40)13-39-15-30(8-9-30)12-22(39)41/h11,17,21,26H,3-10,12-15H2,1-2H3,(H2,35,43)/t17-,21+,29-/m0/s1. The maximum atomic E-state index is 15.8. The molecule has 0 radical (unpaired) electrons. The van der Waals surface area contributed by atoms with Crippen molar-refractivity contribution in [1.29, 1.82) is 0 Å². The molecule has 6 rings (SSSR count). The average molecular weight is 637 g/mol. The van der Waals surface area contributed by atoms with E-state index in [0.717, 1.165) is 36.4 Å². The van der Waals surface area contributed by atoms with E-state index in [9.17, 15) is 23.2 Å². The monoisotopic (exact) mass is 636 g/mol. The number of primary amides is 1. The highest BCUT2D eigenvalue weighted by Gasteiger charge is 2.53. The smallest absolute Gasteiger partial charge is 0.282 e. The summed E-state index contributed by atoms with van der Waals surface area (Å²) >= 11 is 6.57. The molecule has 2 N–H and O–H groups in total. The van der Waals surface area contributed by atoms with E-state index in [-0.39, 0.29) is 53.2 Å². The summed E-state index contributed by atoms with van der Waals surface area (Å²) < 4.78 is 50.1. The number of halogens is 4. The minimum absolute atomic E-state index is 0.0484. The van der Waals surface area contributed by atoms with Crippen molar-refractivity contribution in [3.8, 4) is 5.75 Å². The zero-order valence-corrected chi connectivity index (χ0v) is 25.5. The zero-order valence-electron chi connectivity index (χ0n) is 24.8. The van der Waals surface area contributed by atoms with E-state index in [1.165, 1.54) is 7.05 Å². The van der Waals surface area contributed by atoms with Crippen molar-refractivity contribution in [2.24, 2.45) is 29.5 Å². The summed E-state index contributed by atoms with van der Waals surface area (Å²) in [5, 5.41) is 7.58. The second-order valence-electron chi connectivity index (χ2n) is 13.0. The van der Waals surface area contributed by atoms with Gasteiger partial charge in [-0.05, 0) is 56.1 Å². The average Bonchev–Trinajstić information content (AvgIpc) is 3.50. The van der Waals surface area contributed by atoms with Crippen LogP contribution in [-0.4, -0.2) is 62.1 Å². The van der Waals surface area contributed by atoms with Crippen LogP contribution in [-0.2, 0) is 34.5 Å². The zero-order chi connectivity index (χ0) is 31.6. The Morgan fingerprint density at radius 1 is 1.25 bits per heavy atom. The van der Waals surface area contributed by atoms with Crippen LogP contribution in [0.4, 0.5) is 13.2 Å². The van der Waals surface area contributed by atoms with E-state index < -0.39 is 47.8 Å². The second-order valence-corrected chi connectivity index (χ2v) is 13.4. The number of carbonyl (C=O) groups excluding carboxylic acids is 3. The van der Waals surface area contributed by atoms with Gasteiger partial charge in [-0.1, -0.05) is 29.7 Å². The number of hydrogen-bond acceptors (Lipinski definition) is 6. The van der Waals surface area contributed by atoms with Crippen LogP contribution in [0, 0.1) is 22.6 Å². The van der Waals surface area contributed by atoms with Crippen LogP contribution in [0.3, 0.4) is 0 Å². The largest absolute Gasteiger partial charge is 0.484 e. The first kappa shape index (κ1) is 30.7. The number of nitrogens with two attached hydrogens (primary N) is 1. The number of carbonyl (C=O) groups is 3. The molecule has 10 nitrogen and oxygen atoms in total. The van der Waals surface area contributed by atoms with Gasteiger partial charge in [-0.15, -0.1) is 5.10 Å². The minimum Gasteiger partial charge on any atom is -0.484 e. The molecule has 2 saturated carbocycles. The summed E-state index contributed by atoms with van der Waals surface area (Å²) in [6.45, 7) is 2.03. The maximum absolute atomic E-state index is 15.8. The van der Waals surface area contributed by atoms with Crippen LogP contribution in [0.15, 0.2) is 6.07 Å². The molecule has 44 heavy (non-hydrogen) atoms. The lowest BCUT2D eigenvalue weighted by atomic mass is 9.66. The fraction of sp³-hybridized carbons (Fsp3) is 0.633. The van der Waals surface area contributed by atoms with Gasteiger partial charge in [0.1, 0.15) is 18.0 Å². The summed E-state index contributed by atoms with van der Waals surface area (Å²) in [5.41, 5.74) is 4.95. The molecular weight excluding hydrogens is 601 g/mol. The van der Waals surface area contributed by atoms with Gasteiger partial charge < -0.3 is 20.3 Å². The lowest BCUT2D eigenvalue weighted by Crippen LogP contribution is -2.54. The van der Waals surface area contributed by atoms with Crippen molar-refractivity contribution >= 4 is 29.3 Å². The minimum atomic E-state index is -2.88. The number of rotatable bonds is 8. The Kier molecular flexibility index (Phi) is 7.82. The summed E-state index contributed by atoms with van der Waals surface area (Å²) in [6.07, 6.45) is 2.14. The molecule has 2 aromatic rings. The van der Waals surface area contributed by atoms with Crippen LogP contribution in [0.1, 0.15) is 86.9 Å². The molecule has 1 spiro atoms. The molecule has 4 aliphatic rings. The summed E-state index contributed by atoms with van der Waals surface area (Å²) in [5.74, 6) is -2.66. The number of nitrogens with zero attached hydrogens (tertiary/aromatic N) is 5. The van der Waals surface area contributed by atoms with Gasteiger partial charge in [0.25, 0.3) is 6.43 Å². The van der Waals surface area contributed by atoms with Crippen molar-refractivity contribution in [3.63, 3.8) is 0 Å². The van der Waals surface area contributed by atoms with E-state index in [2.05, 4.69) is 10.3 Å². The van der Waals surface area contributed by atoms with Gasteiger partial charge in [0.15, 0.2) is 11.6 Å². The molecule has 0 bridgehead atoms. The quantitative estimate of drug-likeness (QED) is 0.462. The van der Waals surface area contributed by atoms with Crippen LogP contribution in [0.2, 0.25) is 5.02 Å². The summed E-state index contributed by atoms with van der Waals surface area (Å²) in [7, 11) is 1.33. The lowest BCUT2D eigenvalue weighted by molar-refractivity contribution is -0.152. The Morgan fingerprint density at radius 2 is 2.00 bits per heavy atom. The van der Waals surface area contributed by atoms with Gasteiger partial charge in [0, 0.05) is 43.7 Å². The number of fused-ring (bicyclic) bond motifs is 1. The fourth-order valence-corrected chi connectivity index (χ4v) is 7.71. The normalized spacial score (nSPS) is 25.9. The molecule has 3 fully saturated rings. The number of benzene rings is 1.